The first-order valence-electron chi connectivity index (χ1n) is 9.75. The van der Waals surface area contributed by atoms with Crippen molar-refractivity contribution in [3.05, 3.63) is 72.3 Å². The second-order valence-electron chi connectivity index (χ2n) is 6.77. The molecule has 3 aromatic carbocycles. The van der Waals surface area contributed by atoms with E-state index in [1.54, 1.807) is 50.6 Å². The lowest BCUT2D eigenvalue weighted by atomic mass is 10.1. The smallest absolute Gasteiger partial charge is 0.255 e. The number of benzene rings is 3. The molecule has 0 radical (unpaired) electrons. The van der Waals surface area contributed by atoms with E-state index in [0.29, 0.717) is 47.2 Å². The quantitative estimate of drug-likeness (QED) is 0.415. The van der Waals surface area contributed by atoms with Crippen LogP contribution in [0.1, 0.15) is 10.4 Å². The molecule has 0 fully saturated rings. The van der Waals surface area contributed by atoms with Crippen LogP contribution >= 0.6 is 0 Å². The number of hydrogen-bond donors (Lipinski definition) is 1. The third-order valence-electron chi connectivity index (χ3n) is 4.74. The summed E-state index contributed by atoms with van der Waals surface area (Å²) in [4.78, 5) is 12.9. The van der Waals surface area contributed by atoms with Crippen LogP contribution in [0.15, 0.2) is 71.3 Å². The van der Waals surface area contributed by atoms with Gasteiger partial charge in [-0.3, -0.25) is 4.79 Å². The van der Waals surface area contributed by atoms with Gasteiger partial charge in [0.15, 0.2) is 17.3 Å². The zero-order valence-electron chi connectivity index (χ0n) is 17.3. The van der Waals surface area contributed by atoms with Crippen LogP contribution < -0.4 is 14.8 Å². The summed E-state index contributed by atoms with van der Waals surface area (Å²) in [6.07, 6.45) is 0. The number of carbonyl (C=O) groups is 1. The molecule has 0 aliphatic rings. The second kappa shape index (κ2) is 9.32. The first kappa shape index (κ1) is 20.4. The Morgan fingerprint density at radius 3 is 2.58 bits per heavy atom. The van der Waals surface area contributed by atoms with E-state index in [1.807, 2.05) is 30.3 Å². The molecule has 1 N–H and O–H groups in total. The van der Waals surface area contributed by atoms with E-state index < -0.39 is 0 Å². The fourth-order valence-electron chi connectivity index (χ4n) is 3.19. The Hall–Kier alpha value is -3.84. The summed E-state index contributed by atoms with van der Waals surface area (Å²) in [5.74, 6) is 1.48. The Morgan fingerprint density at radius 1 is 0.968 bits per heavy atom. The topological polar surface area (TPSA) is 82.8 Å². The Kier molecular flexibility index (Phi) is 6.14. The van der Waals surface area contributed by atoms with Gasteiger partial charge in [-0.05, 0) is 30.3 Å². The van der Waals surface area contributed by atoms with Crippen molar-refractivity contribution in [3.8, 4) is 22.8 Å². The Labute approximate surface area is 179 Å². The van der Waals surface area contributed by atoms with Crippen molar-refractivity contribution >= 4 is 22.5 Å². The van der Waals surface area contributed by atoms with E-state index in [4.69, 9.17) is 18.7 Å². The molecule has 31 heavy (non-hydrogen) atoms. The van der Waals surface area contributed by atoms with Gasteiger partial charge in [0.1, 0.15) is 12.1 Å². The van der Waals surface area contributed by atoms with Crippen LogP contribution in [0.2, 0.25) is 0 Å². The predicted molar refractivity (Wildman–Crippen MR) is 118 cm³/mol. The molecule has 1 aromatic heterocycles. The van der Waals surface area contributed by atoms with E-state index in [-0.39, 0.29) is 5.91 Å². The molecule has 158 valence electrons. The van der Waals surface area contributed by atoms with Crippen LogP contribution in [0, 0.1) is 0 Å². The van der Waals surface area contributed by atoms with Crippen molar-refractivity contribution < 1.29 is 23.5 Å². The van der Waals surface area contributed by atoms with Crippen LogP contribution in [-0.4, -0.2) is 38.5 Å². The van der Waals surface area contributed by atoms with E-state index in [9.17, 15) is 4.79 Å². The number of rotatable bonds is 8. The molecule has 0 saturated carbocycles. The fraction of sp³-hybridized carbons (Fsp3) is 0.167. The molecule has 4 rings (SSSR count). The van der Waals surface area contributed by atoms with E-state index in [2.05, 4.69) is 10.5 Å². The number of ether oxygens (including phenoxy) is 3. The standard InChI is InChI=1S/C24H22N2O5/c1-28-12-13-30-22-15-18(9-11-21(22)29-2)25-24(27)17-8-10-20-19(14-17)23(31-26-20)16-6-4-3-5-7-16/h3-11,14-15H,12-13H2,1-2H3,(H,25,27). The van der Waals surface area contributed by atoms with Gasteiger partial charge in [0.25, 0.3) is 5.91 Å². The highest BCUT2D eigenvalue weighted by atomic mass is 16.5. The summed E-state index contributed by atoms with van der Waals surface area (Å²) >= 11 is 0. The molecule has 0 unspecified atom stereocenters. The van der Waals surface area contributed by atoms with Crippen molar-refractivity contribution in [1.82, 2.24) is 5.16 Å². The van der Waals surface area contributed by atoms with Gasteiger partial charge in [-0.1, -0.05) is 35.5 Å². The highest BCUT2D eigenvalue weighted by Gasteiger charge is 2.15. The number of nitrogens with one attached hydrogen (secondary N) is 1. The molecule has 1 amide bonds. The highest BCUT2D eigenvalue weighted by Crippen LogP contribution is 2.31. The summed E-state index contributed by atoms with van der Waals surface area (Å²) < 4.78 is 21.5. The van der Waals surface area contributed by atoms with Crippen LogP contribution in [0.4, 0.5) is 5.69 Å². The fourth-order valence-corrected chi connectivity index (χ4v) is 3.19. The van der Waals surface area contributed by atoms with Crippen molar-refractivity contribution in [3.63, 3.8) is 0 Å². The van der Waals surface area contributed by atoms with Crippen molar-refractivity contribution in [1.29, 1.82) is 0 Å². The number of fused-ring (bicyclic) bond motifs is 1. The number of carbonyl (C=O) groups excluding carboxylic acids is 1. The van der Waals surface area contributed by atoms with Gasteiger partial charge in [0.2, 0.25) is 0 Å². The van der Waals surface area contributed by atoms with Gasteiger partial charge in [0.05, 0.1) is 19.1 Å². The summed E-state index contributed by atoms with van der Waals surface area (Å²) in [5.41, 5.74) is 2.67. The van der Waals surface area contributed by atoms with Gasteiger partial charge in [-0.2, -0.15) is 0 Å². The molecule has 0 spiro atoms. The van der Waals surface area contributed by atoms with Gasteiger partial charge in [0, 0.05) is 30.0 Å². The third-order valence-corrected chi connectivity index (χ3v) is 4.74. The van der Waals surface area contributed by atoms with E-state index >= 15 is 0 Å². The lowest BCUT2D eigenvalue weighted by molar-refractivity contribution is 0.102. The summed E-state index contributed by atoms with van der Waals surface area (Å²) in [7, 11) is 3.17. The molecule has 7 nitrogen and oxygen atoms in total. The number of anilines is 1. The van der Waals surface area contributed by atoms with Crippen LogP contribution in [0.25, 0.3) is 22.2 Å². The molecule has 1 heterocycles. The van der Waals surface area contributed by atoms with Gasteiger partial charge >= 0.3 is 0 Å². The van der Waals surface area contributed by atoms with Crippen molar-refractivity contribution in [2.45, 2.75) is 0 Å². The van der Waals surface area contributed by atoms with Crippen molar-refractivity contribution in [2.75, 3.05) is 32.8 Å². The number of amides is 1. The SMILES string of the molecule is COCCOc1cc(NC(=O)c2ccc3noc(-c4ccccc4)c3c2)ccc1OC. The zero-order valence-corrected chi connectivity index (χ0v) is 17.3. The van der Waals surface area contributed by atoms with Gasteiger partial charge in [-0.25, -0.2) is 0 Å². The third kappa shape index (κ3) is 4.51. The average Bonchev–Trinajstić information content (AvgIpc) is 3.23. The van der Waals surface area contributed by atoms with Crippen molar-refractivity contribution in [2.24, 2.45) is 0 Å². The van der Waals surface area contributed by atoms with Crippen LogP contribution in [0.3, 0.4) is 0 Å². The minimum atomic E-state index is -0.255. The maximum Gasteiger partial charge on any atom is 0.255 e. The molecule has 0 atom stereocenters. The van der Waals surface area contributed by atoms with Gasteiger partial charge in [-0.15, -0.1) is 0 Å². The van der Waals surface area contributed by atoms with E-state index in [1.165, 1.54) is 0 Å². The molecule has 4 aromatic rings. The van der Waals surface area contributed by atoms with E-state index in [0.717, 1.165) is 10.9 Å². The molecule has 0 aliphatic heterocycles. The molecule has 7 heteroatoms. The molecular formula is C24H22N2O5. The zero-order chi connectivity index (χ0) is 21.6. The maximum absolute atomic E-state index is 12.9. The first-order chi connectivity index (χ1) is 15.2. The normalized spacial score (nSPS) is 10.8. The molecule has 0 saturated heterocycles. The highest BCUT2D eigenvalue weighted by molar-refractivity contribution is 6.07. The summed E-state index contributed by atoms with van der Waals surface area (Å²) in [6.45, 7) is 0.818. The summed E-state index contributed by atoms with van der Waals surface area (Å²) in [5, 5.41) is 7.77. The number of hydrogen-bond acceptors (Lipinski definition) is 6. The minimum Gasteiger partial charge on any atom is -0.493 e. The number of nitrogens with zero attached hydrogens (tertiary/aromatic N) is 1. The average molecular weight is 418 g/mol. The number of methoxy groups -OCH3 is 2. The maximum atomic E-state index is 12.9. The molecule has 0 bridgehead atoms. The Morgan fingerprint density at radius 2 is 1.81 bits per heavy atom. The van der Waals surface area contributed by atoms with Crippen LogP contribution in [0.5, 0.6) is 11.5 Å². The second-order valence-corrected chi connectivity index (χ2v) is 6.77. The van der Waals surface area contributed by atoms with Gasteiger partial charge < -0.3 is 24.1 Å². The van der Waals surface area contributed by atoms with Crippen LogP contribution in [-0.2, 0) is 4.74 Å². The predicted octanol–water partition coefficient (Wildman–Crippen LogP) is 4.78. The Balaban J connectivity index is 1.58. The lowest BCUT2D eigenvalue weighted by Gasteiger charge is -2.13. The summed E-state index contributed by atoms with van der Waals surface area (Å²) in [6, 6.07) is 20.2. The minimum absolute atomic E-state index is 0.255. The first-order valence-corrected chi connectivity index (χ1v) is 9.75. The molecule has 0 aliphatic carbocycles. The monoisotopic (exact) mass is 418 g/mol. The lowest BCUT2D eigenvalue weighted by Crippen LogP contribution is -2.12. The largest absolute Gasteiger partial charge is 0.493 e. The molecular weight excluding hydrogens is 396 g/mol. The Bertz CT molecular complexity index is 1190. The number of aromatic nitrogens is 1.